The van der Waals surface area contributed by atoms with Crippen LogP contribution < -0.4 is 5.73 Å². The molecule has 5 nitrogen and oxygen atoms in total. The average molecular weight is 161 g/mol. The lowest BCUT2D eigenvalue weighted by molar-refractivity contribution is -0.157. The van der Waals surface area contributed by atoms with E-state index in [2.05, 4.69) is 0 Å². The van der Waals surface area contributed by atoms with Crippen LogP contribution >= 0.6 is 0 Å². The molecule has 0 aliphatic rings. The Balaban J connectivity index is 4.52. The van der Waals surface area contributed by atoms with Crippen LogP contribution in [0.25, 0.3) is 0 Å². The summed E-state index contributed by atoms with van der Waals surface area (Å²) in [6.07, 6.45) is 0.368. The lowest BCUT2D eigenvalue weighted by Gasteiger charge is -2.17. The van der Waals surface area contributed by atoms with Crippen molar-refractivity contribution >= 4 is 11.9 Å². The molecule has 0 saturated heterocycles. The lowest BCUT2D eigenvalue weighted by atomic mass is 9.96. The maximum atomic E-state index is 10.3. The fraction of sp³-hybridized carbons (Fsp3) is 0.667. The molecule has 0 atom stereocenters. The third-order valence-corrected chi connectivity index (χ3v) is 1.41. The number of nitrogens with two attached hydrogens (primary N) is 1. The minimum atomic E-state index is -2.12. The Kier molecular flexibility index (Phi) is 3.00. The molecule has 0 spiro atoms. The van der Waals surface area contributed by atoms with Gasteiger partial charge < -0.3 is 15.9 Å². The molecule has 11 heavy (non-hydrogen) atoms. The van der Waals surface area contributed by atoms with Gasteiger partial charge in [-0.2, -0.15) is 0 Å². The Morgan fingerprint density at radius 1 is 1.36 bits per heavy atom. The van der Waals surface area contributed by atoms with E-state index in [1.807, 2.05) is 0 Å². The topological polar surface area (TPSA) is 101 Å². The van der Waals surface area contributed by atoms with Crippen LogP contribution in [0.1, 0.15) is 19.8 Å². The first kappa shape index (κ1) is 9.90. The molecule has 0 aromatic heterocycles. The van der Waals surface area contributed by atoms with E-state index >= 15 is 0 Å². The molecule has 0 aromatic rings. The second-order valence-corrected chi connectivity index (χ2v) is 2.33. The van der Waals surface area contributed by atoms with E-state index in [9.17, 15) is 9.59 Å². The maximum Gasteiger partial charge on any atom is 0.335 e. The van der Waals surface area contributed by atoms with Crippen molar-refractivity contribution in [3.63, 3.8) is 0 Å². The van der Waals surface area contributed by atoms with E-state index in [0.717, 1.165) is 0 Å². The first-order valence-electron chi connectivity index (χ1n) is 3.20. The number of hydrogen-bond acceptors (Lipinski definition) is 3. The fourth-order valence-electron chi connectivity index (χ4n) is 0.700. The average Bonchev–Trinajstić information content (AvgIpc) is 1.87. The normalized spacial score (nSPS) is 11.1. The summed E-state index contributed by atoms with van der Waals surface area (Å²) in [6.45, 7) is 1.67. The van der Waals surface area contributed by atoms with Crippen LogP contribution in [0.2, 0.25) is 0 Å². The van der Waals surface area contributed by atoms with E-state index < -0.39 is 17.5 Å². The van der Waals surface area contributed by atoms with Crippen molar-refractivity contribution in [2.75, 3.05) is 0 Å². The summed E-state index contributed by atoms with van der Waals surface area (Å²) >= 11 is 0. The highest BCUT2D eigenvalue weighted by Gasteiger charge is 2.41. The predicted octanol–water partition coefficient (Wildman–Crippen LogP) is -0.347. The number of carboxylic acids is 2. The molecule has 0 amide bonds. The molecule has 64 valence electrons. The zero-order chi connectivity index (χ0) is 9.07. The van der Waals surface area contributed by atoms with E-state index in [0.29, 0.717) is 6.42 Å². The number of rotatable bonds is 4. The summed E-state index contributed by atoms with van der Waals surface area (Å²) in [5, 5.41) is 16.9. The smallest absolute Gasteiger partial charge is 0.335 e. The molecule has 0 aliphatic carbocycles. The van der Waals surface area contributed by atoms with Crippen LogP contribution in [-0.4, -0.2) is 27.7 Å². The van der Waals surface area contributed by atoms with Crippen LogP contribution in [0.15, 0.2) is 0 Å². The lowest BCUT2D eigenvalue weighted by Crippen LogP contribution is -2.54. The monoisotopic (exact) mass is 161 g/mol. The van der Waals surface area contributed by atoms with Gasteiger partial charge in [0.2, 0.25) is 5.54 Å². The Labute approximate surface area is 63.8 Å². The Morgan fingerprint density at radius 3 is 1.82 bits per heavy atom. The van der Waals surface area contributed by atoms with E-state index in [1.54, 1.807) is 6.92 Å². The highest BCUT2D eigenvalue weighted by molar-refractivity contribution is 6.02. The molecule has 0 radical (unpaired) electrons. The van der Waals surface area contributed by atoms with Crippen molar-refractivity contribution in [1.29, 1.82) is 0 Å². The number of carbonyl (C=O) groups is 2. The molecular formula is C6H11NO4. The Bertz CT molecular complexity index is 163. The highest BCUT2D eigenvalue weighted by atomic mass is 16.4. The quantitative estimate of drug-likeness (QED) is 0.489. The van der Waals surface area contributed by atoms with Gasteiger partial charge in [-0.15, -0.1) is 0 Å². The number of aliphatic carboxylic acids is 2. The molecule has 0 bridgehead atoms. The zero-order valence-electron chi connectivity index (χ0n) is 6.20. The molecule has 0 fully saturated rings. The second-order valence-electron chi connectivity index (χ2n) is 2.33. The number of hydrogen-bond donors (Lipinski definition) is 3. The molecular weight excluding hydrogens is 150 g/mol. The van der Waals surface area contributed by atoms with Crippen LogP contribution in [0, 0.1) is 0 Å². The molecule has 0 heterocycles. The van der Waals surface area contributed by atoms with E-state index in [-0.39, 0.29) is 6.42 Å². The van der Waals surface area contributed by atoms with Gasteiger partial charge in [-0.05, 0) is 6.42 Å². The first-order chi connectivity index (χ1) is 4.95. The van der Waals surface area contributed by atoms with E-state index in [1.165, 1.54) is 0 Å². The maximum absolute atomic E-state index is 10.3. The molecule has 5 heteroatoms. The SMILES string of the molecule is CCCC(N)(C(=O)O)C(=O)O. The van der Waals surface area contributed by atoms with Crippen LogP contribution in [-0.2, 0) is 9.59 Å². The van der Waals surface area contributed by atoms with Gasteiger partial charge in [0.05, 0.1) is 0 Å². The summed E-state index contributed by atoms with van der Waals surface area (Å²) in [5.74, 6) is -2.99. The molecule has 0 unspecified atom stereocenters. The molecule has 0 aliphatic heterocycles. The minimum Gasteiger partial charge on any atom is -0.479 e. The molecule has 4 N–H and O–H groups in total. The molecule has 0 saturated carbocycles. The molecule has 0 rings (SSSR count). The van der Waals surface area contributed by atoms with Crippen molar-refractivity contribution < 1.29 is 19.8 Å². The van der Waals surface area contributed by atoms with Gasteiger partial charge in [-0.3, -0.25) is 0 Å². The Morgan fingerprint density at radius 2 is 1.73 bits per heavy atom. The van der Waals surface area contributed by atoms with Gasteiger partial charge in [0.25, 0.3) is 0 Å². The largest absolute Gasteiger partial charge is 0.479 e. The van der Waals surface area contributed by atoms with Gasteiger partial charge in [0.1, 0.15) is 0 Å². The summed E-state index contributed by atoms with van der Waals surface area (Å²) in [5.41, 5.74) is 2.98. The van der Waals surface area contributed by atoms with Crippen LogP contribution in [0.5, 0.6) is 0 Å². The third kappa shape index (κ3) is 1.91. The van der Waals surface area contributed by atoms with Crippen molar-refractivity contribution in [3.05, 3.63) is 0 Å². The zero-order valence-corrected chi connectivity index (χ0v) is 6.20. The van der Waals surface area contributed by atoms with Gasteiger partial charge in [0.15, 0.2) is 0 Å². The highest BCUT2D eigenvalue weighted by Crippen LogP contribution is 2.09. The second kappa shape index (κ2) is 3.34. The fourth-order valence-corrected chi connectivity index (χ4v) is 0.700. The van der Waals surface area contributed by atoms with Crippen LogP contribution in [0.3, 0.4) is 0 Å². The van der Waals surface area contributed by atoms with Crippen molar-refractivity contribution in [3.8, 4) is 0 Å². The first-order valence-corrected chi connectivity index (χ1v) is 3.20. The summed E-state index contributed by atoms with van der Waals surface area (Å²) < 4.78 is 0. The van der Waals surface area contributed by atoms with E-state index in [4.69, 9.17) is 15.9 Å². The van der Waals surface area contributed by atoms with Gasteiger partial charge in [-0.25, -0.2) is 9.59 Å². The standard InChI is InChI=1S/C6H11NO4/c1-2-3-6(7,4(8)9)5(10)11/h2-3,7H2,1H3,(H,8,9)(H,10,11). The predicted molar refractivity (Wildman–Crippen MR) is 37.1 cm³/mol. The van der Waals surface area contributed by atoms with Gasteiger partial charge in [0, 0.05) is 0 Å². The van der Waals surface area contributed by atoms with Crippen molar-refractivity contribution in [2.24, 2.45) is 5.73 Å². The van der Waals surface area contributed by atoms with Gasteiger partial charge >= 0.3 is 11.9 Å². The summed E-state index contributed by atoms with van der Waals surface area (Å²) in [4.78, 5) is 20.7. The summed E-state index contributed by atoms with van der Waals surface area (Å²) in [7, 11) is 0. The van der Waals surface area contributed by atoms with Crippen molar-refractivity contribution in [2.45, 2.75) is 25.3 Å². The Hall–Kier alpha value is -1.10. The third-order valence-electron chi connectivity index (χ3n) is 1.41. The number of carboxylic acid groups (broad SMARTS) is 2. The van der Waals surface area contributed by atoms with Crippen LogP contribution in [0.4, 0.5) is 0 Å². The van der Waals surface area contributed by atoms with Crippen molar-refractivity contribution in [1.82, 2.24) is 0 Å². The molecule has 0 aromatic carbocycles. The van der Waals surface area contributed by atoms with Gasteiger partial charge in [-0.1, -0.05) is 13.3 Å². The summed E-state index contributed by atoms with van der Waals surface area (Å²) in [6, 6.07) is 0. The minimum absolute atomic E-state index is 0.0579.